The molecule has 0 amide bonds. The third-order valence-electron chi connectivity index (χ3n) is 1.95. The zero-order valence-electron chi connectivity index (χ0n) is 8.51. The highest BCUT2D eigenvalue weighted by Crippen LogP contribution is 2.46. The number of rotatable bonds is 7. The first kappa shape index (κ1) is 12.2. The monoisotopic (exact) mass is 192 g/mol. The van der Waals surface area contributed by atoms with Gasteiger partial charge in [-0.1, -0.05) is 26.7 Å². The molecule has 2 nitrogen and oxygen atoms in total. The van der Waals surface area contributed by atoms with E-state index in [2.05, 4.69) is 6.92 Å². The molecule has 0 rings (SSSR count). The Hall–Kier alpha value is 0.190. The summed E-state index contributed by atoms with van der Waals surface area (Å²) in [6.07, 6.45) is 4.84. The highest BCUT2D eigenvalue weighted by atomic mass is 31.2. The quantitative estimate of drug-likeness (QED) is 0.455. The Balaban J connectivity index is 3.72. The van der Waals surface area contributed by atoms with E-state index < -0.39 is 7.37 Å². The molecule has 0 aromatic rings. The summed E-state index contributed by atoms with van der Waals surface area (Å²) in [5.74, 6) is 0. The van der Waals surface area contributed by atoms with Crippen LogP contribution in [0.5, 0.6) is 0 Å². The summed E-state index contributed by atoms with van der Waals surface area (Å²) in [5, 5.41) is 0. The summed E-state index contributed by atoms with van der Waals surface area (Å²) in [5.41, 5.74) is 0. The molecular formula is C9H21O2P. The fourth-order valence-electron chi connectivity index (χ4n) is 1.15. The van der Waals surface area contributed by atoms with Gasteiger partial charge in [-0.05, 0) is 13.3 Å². The average molecular weight is 192 g/mol. The molecule has 0 aromatic carbocycles. The van der Waals surface area contributed by atoms with Gasteiger partial charge in [0.2, 0.25) is 7.37 Å². The molecule has 0 spiro atoms. The minimum atomic E-state index is -2.23. The lowest BCUT2D eigenvalue weighted by molar-refractivity contribution is 0.333. The predicted molar refractivity (Wildman–Crippen MR) is 54.2 cm³/mol. The first-order valence-corrected chi connectivity index (χ1v) is 6.90. The van der Waals surface area contributed by atoms with Crippen LogP contribution in [0.25, 0.3) is 0 Å². The van der Waals surface area contributed by atoms with Gasteiger partial charge in [-0.3, -0.25) is 4.57 Å². The molecule has 1 atom stereocenters. The van der Waals surface area contributed by atoms with Crippen molar-refractivity contribution in [3.05, 3.63) is 0 Å². The van der Waals surface area contributed by atoms with Crippen molar-refractivity contribution in [2.75, 3.05) is 18.9 Å². The fourth-order valence-corrected chi connectivity index (χ4v) is 2.96. The molecule has 0 saturated carbocycles. The van der Waals surface area contributed by atoms with Gasteiger partial charge in [0.1, 0.15) is 0 Å². The summed E-state index contributed by atoms with van der Waals surface area (Å²) in [7, 11) is -2.23. The Kier molecular flexibility index (Phi) is 6.78. The molecule has 0 N–H and O–H groups in total. The van der Waals surface area contributed by atoms with E-state index in [0.29, 0.717) is 12.8 Å². The first-order valence-electron chi connectivity index (χ1n) is 4.91. The van der Waals surface area contributed by atoms with Gasteiger partial charge in [-0.2, -0.15) is 0 Å². The number of unbranched alkanes of at least 4 members (excludes halogenated alkanes) is 2. The molecule has 0 radical (unpaired) electrons. The lowest BCUT2D eigenvalue weighted by Crippen LogP contribution is -1.97. The van der Waals surface area contributed by atoms with E-state index in [-0.39, 0.29) is 0 Å². The molecule has 0 aromatic heterocycles. The Morgan fingerprint density at radius 3 is 2.25 bits per heavy atom. The van der Waals surface area contributed by atoms with Crippen LogP contribution < -0.4 is 0 Å². The zero-order chi connectivity index (χ0) is 9.45. The molecular weight excluding hydrogens is 171 g/mol. The van der Waals surface area contributed by atoms with Crippen LogP contribution >= 0.6 is 7.37 Å². The highest BCUT2D eigenvalue weighted by Gasteiger charge is 2.18. The third-order valence-corrected chi connectivity index (χ3v) is 4.64. The molecule has 3 heteroatoms. The van der Waals surface area contributed by atoms with E-state index >= 15 is 0 Å². The van der Waals surface area contributed by atoms with Gasteiger partial charge in [0.05, 0.1) is 6.61 Å². The molecule has 0 aliphatic rings. The van der Waals surface area contributed by atoms with Crippen molar-refractivity contribution in [3.8, 4) is 0 Å². The third kappa shape index (κ3) is 4.95. The zero-order valence-corrected chi connectivity index (χ0v) is 9.40. The number of hydrogen-bond donors (Lipinski definition) is 0. The average Bonchev–Trinajstić information content (AvgIpc) is 2.06. The Bertz CT molecular complexity index is 145. The maximum absolute atomic E-state index is 11.8. The first-order chi connectivity index (χ1) is 5.68. The van der Waals surface area contributed by atoms with E-state index in [1.165, 1.54) is 6.42 Å². The largest absolute Gasteiger partial charge is 0.329 e. The lowest BCUT2D eigenvalue weighted by atomic mass is 10.3. The van der Waals surface area contributed by atoms with E-state index in [9.17, 15) is 4.57 Å². The summed E-state index contributed by atoms with van der Waals surface area (Å²) >= 11 is 0. The van der Waals surface area contributed by atoms with Crippen molar-refractivity contribution in [2.24, 2.45) is 0 Å². The second-order valence-corrected chi connectivity index (χ2v) is 5.95. The normalized spacial score (nSPS) is 15.9. The molecule has 74 valence electrons. The van der Waals surface area contributed by atoms with Crippen molar-refractivity contribution in [3.63, 3.8) is 0 Å². The Morgan fingerprint density at radius 2 is 1.83 bits per heavy atom. The minimum absolute atomic E-state index is 0.581. The summed E-state index contributed by atoms with van der Waals surface area (Å²) in [4.78, 5) is 0. The van der Waals surface area contributed by atoms with Gasteiger partial charge in [0.15, 0.2) is 0 Å². The van der Waals surface area contributed by atoms with Crippen molar-refractivity contribution in [1.82, 2.24) is 0 Å². The van der Waals surface area contributed by atoms with Crippen molar-refractivity contribution >= 4 is 7.37 Å². The van der Waals surface area contributed by atoms with Crippen LogP contribution in [0.2, 0.25) is 0 Å². The summed E-state index contributed by atoms with van der Waals surface area (Å²) in [6.45, 7) is 6.58. The Morgan fingerprint density at radius 1 is 1.17 bits per heavy atom. The van der Waals surface area contributed by atoms with E-state index in [1.807, 2.05) is 13.8 Å². The topological polar surface area (TPSA) is 26.3 Å². The van der Waals surface area contributed by atoms with Gasteiger partial charge in [0, 0.05) is 12.3 Å². The summed E-state index contributed by atoms with van der Waals surface area (Å²) in [6, 6.07) is 0. The van der Waals surface area contributed by atoms with Crippen LogP contribution in [0.15, 0.2) is 0 Å². The highest BCUT2D eigenvalue weighted by molar-refractivity contribution is 7.58. The van der Waals surface area contributed by atoms with E-state index in [4.69, 9.17) is 4.52 Å². The van der Waals surface area contributed by atoms with Gasteiger partial charge in [-0.15, -0.1) is 0 Å². The predicted octanol–water partition coefficient (Wildman–Crippen LogP) is 3.51. The van der Waals surface area contributed by atoms with Crippen LogP contribution in [0.4, 0.5) is 0 Å². The molecule has 1 unspecified atom stereocenters. The Labute approximate surface area is 76.1 Å². The second kappa shape index (κ2) is 6.68. The molecule has 0 aliphatic heterocycles. The van der Waals surface area contributed by atoms with Crippen LogP contribution in [0.3, 0.4) is 0 Å². The minimum Gasteiger partial charge on any atom is -0.329 e. The molecule has 12 heavy (non-hydrogen) atoms. The maximum atomic E-state index is 11.8. The van der Waals surface area contributed by atoms with Gasteiger partial charge >= 0.3 is 0 Å². The van der Waals surface area contributed by atoms with Crippen molar-refractivity contribution in [1.29, 1.82) is 0 Å². The molecule has 0 fully saturated rings. The lowest BCUT2D eigenvalue weighted by Gasteiger charge is -2.15. The van der Waals surface area contributed by atoms with Crippen LogP contribution in [0.1, 0.15) is 40.0 Å². The SMILES string of the molecule is CCCCCP(=O)(CC)OCC. The van der Waals surface area contributed by atoms with Gasteiger partial charge in [-0.25, -0.2) is 0 Å². The van der Waals surface area contributed by atoms with Crippen molar-refractivity contribution < 1.29 is 9.09 Å². The molecule has 0 heterocycles. The summed E-state index contributed by atoms with van der Waals surface area (Å²) < 4.78 is 17.1. The van der Waals surface area contributed by atoms with Crippen LogP contribution in [-0.4, -0.2) is 18.9 Å². The van der Waals surface area contributed by atoms with Gasteiger partial charge < -0.3 is 4.52 Å². The molecule has 0 saturated heterocycles. The number of hydrogen-bond acceptors (Lipinski definition) is 2. The molecule has 0 bridgehead atoms. The maximum Gasteiger partial charge on any atom is 0.202 e. The standard InChI is InChI=1S/C9H21O2P/c1-4-7-8-9-12(10,6-3)11-5-2/h4-9H2,1-3H3. The van der Waals surface area contributed by atoms with Crippen molar-refractivity contribution in [2.45, 2.75) is 40.0 Å². The van der Waals surface area contributed by atoms with Crippen LogP contribution in [0, 0.1) is 0 Å². The smallest absolute Gasteiger partial charge is 0.202 e. The van der Waals surface area contributed by atoms with Gasteiger partial charge in [0.25, 0.3) is 0 Å². The van der Waals surface area contributed by atoms with E-state index in [1.54, 1.807) is 0 Å². The van der Waals surface area contributed by atoms with Crippen LogP contribution in [-0.2, 0) is 9.09 Å². The fraction of sp³-hybridized carbons (Fsp3) is 1.00. The second-order valence-electron chi connectivity index (χ2n) is 2.98. The molecule has 0 aliphatic carbocycles. The van der Waals surface area contributed by atoms with E-state index in [0.717, 1.165) is 19.0 Å².